The summed E-state index contributed by atoms with van der Waals surface area (Å²) in [6, 6.07) is 4.69. The fourth-order valence-corrected chi connectivity index (χ4v) is 2.48. The number of aryl methyl sites for hydroxylation is 1. The van der Waals surface area contributed by atoms with Gasteiger partial charge < -0.3 is 11.1 Å². The summed E-state index contributed by atoms with van der Waals surface area (Å²) in [4.78, 5) is 7.98. The number of rotatable bonds is 3. The van der Waals surface area contributed by atoms with Gasteiger partial charge in [0.2, 0.25) is 0 Å². The summed E-state index contributed by atoms with van der Waals surface area (Å²) in [5.41, 5.74) is 3.96. The van der Waals surface area contributed by atoms with Crippen LogP contribution in [-0.2, 0) is 6.18 Å². The summed E-state index contributed by atoms with van der Waals surface area (Å²) in [5, 5.41) is 2.55. The number of hydrogen-bond acceptors (Lipinski definition) is 4. The fraction of sp³-hybridized carbons (Fsp3) is 0.111. The number of nitrogen functional groups attached to an aromatic ring is 1. The third-order valence-electron chi connectivity index (χ3n) is 3.79. The lowest BCUT2D eigenvalue weighted by Gasteiger charge is -2.14. The molecule has 3 aromatic rings. The molecule has 0 saturated carbocycles. The van der Waals surface area contributed by atoms with Gasteiger partial charge in [0.15, 0.2) is 5.82 Å². The average Bonchev–Trinajstić information content (AvgIpc) is 2.59. The first-order valence-electron chi connectivity index (χ1n) is 7.79. The van der Waals surface area contributed by atoms with Crippen molar-refractivity contribution in [1.29, 1.82) is 0 Å². The molecule has 3 N–H and O–H groups in total. The third kappa shape index (κ3) is 3.85. The molecule has 0 radical (unpaired) electrons. The Morgan fingerprint density at radius 1 is 0.929 bits per heavy atom. The zero-order valence-electron chi connectivity index (χ0n) is 14.2. The molecular weight excluding hydrogens is 386 g/mol. The number of nitrogens with one attached hydrogen (secondary N) is 1. The summed E-state index contributed by atoms with van der Waals surface area (Å²) in [5.74, 6) is -2.89. The molecule has 3 rings (SSSR count). The van der Waals surface area contributed by atoms with Crippen molar-refractivity contribution in [2.75, 3.05) is 11.1 Å². The number of alkyl halides is 3. The molecule has 0 spiro atoms. The third-order valence-corrected chi connectivity index (χ3v) is 3.79. The highest BCUT2D eigenvalue weighted by atomic mass is 19.4. The molecule has 10 heteroatoms. The van der Waals surface area contributed by atoms with Gasteiger partial charge in [-0.15, -0.1) is 0 Å². The van der Waals surface area contributed by atoms with Crippen molar-refractivity contribution in [1.82, 2.24) is 9.97 Å². The van der Waals surface area contributed by atoms with Crippen LogP contribution in [0, 0.1) is 24.4 Å². The number of hydrogen-bond donors (Lipinski definition) is 2. The molecule has 4 nitrogen and oxygen atoms in total. The minimum absolute atomic E-state index is 0.104. The Morgan fingerprint density at radius 3 is 2.25 bits per heavy atom. The zero-order valence-corrected chi connectivity index (χ0v) is 14.2. The Bertz CT molecular complexity index is 1050. The normalized spacial score (nSPS) is 11.5. The molecule has 0 amide bonds. The lowest BCUT2D eigenvalue weighted by Crippen LogP contribution is -2.08. The van der Waals surface area contributed by atoms with E-state index < -0.39 is 29.2 Å². The molecule has 146 valence electrons. The van der Waals surface area contributed by atoms with E-state index in [-0.39, 0.29) is 34.3 Å². The van der Waals surface area contributed by atoms with Crippen LogP contribution in [0.15, 0.2) is 36.4 Å². The van der Waals surface area contributed by atoms with E-state index in [1.54, 1.807) is 0 Å². The molecule has 0 unspecified atom stereocenters. The molecule has 28 heavy (non-hydrogen) atoms. The SMILES string of the molecule is Cc1nc(Nc2ccc(F)cc2F)c(N)c(-c2ccc(C(F)(F)F)cc2F)n1. The highest BCUT2D eigenvalue weighted by Gasteiger charge is 2.31. The van der Waals surface area contributed by atoms with Gasteiger partial charge >= 0.3 is 6.18 Å². The summed E-state index contributed by atoms with van der Waals surface area (Å²) < 4.78 is 79.4. The van der Waals surface area contributed by atoms with Gasteiger partial charge in [-0.2, -0.15) is 13.2 Å². The van der Waals surface area contributed by atoms with Crippen molar-refractivity contribution in [2.24, 2.45) is 0 Å². The van der Waals surface area contributed by atoms with Gasteiger partial charge in [0.05, 0.1) is 11.3 Å². The Labute approximate surface area is 155 Å². The first kappa shape index (κ1) is 19.5. The molecule has 0 aliphatic carbocycles. The number of halogens is 6. The second kappa shape index (κ2) is 7.02. The van der Waals surface area contributed by atoms with Gasteiger partial charge in [0, 0.05) is 11.6 Å². The van der Waals surface area contributed by atoms with Crippen LogP contribution in [0.5, 0.6) is 0 Å². The molecule has 0 saturated heterocycles. The predicted molar refractivity (Wildman–Crippen MR) is 91.2 cm³/mol. The van der Waals surface area contributed by atoms with Crippen LogP contribution in [0.3, 0.4) is 0 Å². The second-order valence-corrected chi connectivity index (χ2v) is 5.82. The molecular formula is C18H12F6N4. The second-order valence-electron chi connectivity index (χ2n) is 5.82. The minimum atomic E-state index is -4.71. The number of aromatic nitrogens is 2. The number of benzene rings is 2. The molecule has 0 bridgehead atoms. The van der Waals surface area contributed by atoms with Crippen LogP contribution in [0.2, 0.25) is 0 Å². The lowest BCUT2D eigenvalue weighted by atomic mass is 10.1. The number of anilines is 3. The van der Waals surface area contributed by atoms with Crippen LogP contribution in [0.25, 0.3) is 11.3 Å². The van der Waals surface area contributed by atoms with Crippen molar-refractivity contribution in [3.05, 3.63) is 65.2 Å². The molecule has 0 aliphatic rings. The summed E-state index contributed by atoms with van der Waals surface area (Å²) >= 11 is 0. The van der Waals surface area contributed by atoms with Crippen LogP contribution in [0.4, 0.5) is 43.5 Å². The highest BCUT2D eigenvalue weighted by molar-refractivity contribution is 5.83. The fourth-order valence-electron chi connectivity index (χ4n) is 2.48. The van der Waals surface area contributed by atoms with Crippen molar-refractivity contribution < 1.29 is 26.3 Å². The first-order chi connectivity index (χ1) is 13.1. The monoisotopic (exact) mass is 398 g/mol. The van der Waals surface area contributed by atoms with Crippen LogP contribution >= 0.6 is 0 Å². The maximum absolute atomic E-state index is 14.3. The van der Waals surface area contributed by atoms with E-state index in [1.807, 2.05) is 0 Å². The van der Waals surface area contributed by atoms with Crippen molar-refractivity contribution >= 4 is 17.2 Å². The van der Waals surface area contributed by atoms with Gasteiger partial charge in [-0.25, -0.2) is 23.1 Å². The Morgan fingerprint density at radius 2 is 1.64 bits per heavy atom. The summed E-state index contributed by atoms with van der Waals surface area (Å²) in [7, 11) is 0. The van der Waals surface area contributed by atoms with Gasteiger partial charge in [0.25, 0.3) is 0 Å². The van der Waals surface area contributed by atoms with E-state index in [4.69, 9.17) is 5.73 Å². The number of nitrogens with zero attached hydrogens (tertiary/aromatic N) is 2. The zero-order chi connectivity index (χ0) is 20.6. The number of nitrogens with two attached hydrogens (primary N) is 1. The molecule has 2 aromatic carbocycles. The summed E-state index contributed by atoms with van der Waals surface area (Å²) in [6.45, 7) is 1.44. The van der Waals surface area contributed by atoms with Gasteiger partial charge in [-0.1, -0.05) is 0 Å². The van der Waals surface area contributed by atoms with E-state index in [1.165, 1.54) is 6.92 Å². The van der Waals surface area contributed by atoms with E-state index in [9.17, 15) is 26.3 Å². The molecule has 0 atom stereocenters. The van der Waals surface area contributed by atoms with Crippen molar-refractivity contribution in [3.8, 4) is 11.3 Å². The van der Waals surface area contributed by atoms with Crippen LogP contribution in [-0.4, -0.2) is 9.97 Å². The first-order valence-corrected chi connectivity index (χ1v) is 7.79. The maximum Gasteiger partial charge on any atom is 0.416 e. The van der Waals surface area contributed by atoms with Crippen molar-refractivity contribution in [3.63, 3.8) is 0 Å². The minimum Gasteiger partial charge on any atom is -0.394 e. The lowest BCUT2D eigenvalue weighted by molar-refractivity contribution is -0.137. The quantitative estimate of drug-likeness (QED) is 0.595. The van der Waals surface area contributed by atoms with Crippen LogP contribution < -0.4 is 11.1 Å². The molecule has 0 aliphatic heterocycles. The van der Waals surface area contributed by atoms with Gasteiger partial charge in [0.1, 0.15) is 34.7 Å². The molecule has 0 fully saturated rings. The van der Waals surface area contributed by atoms with E-state index in [0.717, 1.165) is 18.2 Å². The Balaban J connectivity index is 2.06. The highest BCUT2D eigenvalue weighted by Crippen LogP contribution is 2.36. The Hall–Kier alpha value is -3.30. The van der Waals surface area contributed by atoms with Crippen molar-refractivity contribution in [2.45, 2.75) is 13.1 Å². The Kier molecular flexibility index (Phi) is 4.88. The molecule has 1 heterocycles. The summed E-state index contributed by atoms with van der Waals surface area (Å²) in [6.07, 6.45) is -4.71. The standard InChI is InChI=1S/C18H12F6N4/c1-8-26-16(11-4-2-9(6-12(11)20)18(22,23)24)15(25)17(27-8)28-14-5-3-10(19)7-13(14)21/h2-7H,25H2,1H3,(H,26,27,28). The average molecular weight is 398 g/mol. The van der Waals surface area contributed by atoms with E-state index in [0.29, 0.717) is 18.2 Å². The molecule has 1 aromatic heterocycles. The van der Waals surface area contributed by atoms with E-state index >= 15 is 0 Å². The maximum atomic E-state index is 14.3. The smallest absolute Gasteiger partial charge is 0.394 e. The van der Waals surface area contributed by atoms with Gasteiger partial charge in [-0.3, -0.25) is 0 Å². The van der Waals surface area contributed by atoms with E-state index in [2.05, 4.69) is 15.3 Å². The topological polar surface area (TPSA) is 63.8 Å². The van der Waals surface area contributed by atoms with Gasteiger partial charge in [-0.05, 0) is 37.3 Å². The largest absolute Gasteiger partial charge is 0.416 e. The predicted octanol–water partition coefficient (Wildman–Crippen LogP) is 5.21. The van der Waals surface area contributed by atoms with Crippen LogP contribution in [0.1, 0.15) is 11.4 Å².